The lowest BCUT2D eigenvalue weighted by atomic mass is 9.99. The highest BCUT2D eigenvalue weighted by Crippen LogP contribution is 2.15. The fourth-order valence-corrected chi connectivity index (χ4v) is 1.59. The molecule has 1 aliphatic heterocycles. The Morgan fingerprint density at radius 3 is 3.00 bits per heavy atom. The van der Waals surface area contributed by atoms with E-state index in [-0.39, 0.29) is 13.2 Å². The number of aliphatic hydroxyl groups is 1. The molecule has 14 heavy (non-hydrogen) atoms. The quantitative estimate of drug-likeness (QED) is 0.581. The molecule has 1 rings (SSSR count). The molecule has 1 saturated heterocycles. The number of carboxylic acid groups (broad SMARTS) is 1. The first-order valence-electron chi connectivity index (χ1n) is 4.85. The second-order valence-corrected chi connectivity index (χ2v) is 3.74. The van der Waals surface area contributed by atoms with E-state index in [1.54, 1.807) is 0 Å². The average molecular weight is 203 g/mol. The Morgan fingerprint density at radius 1 is 1.71 bits per heavy atom. The van der Waals surface area contributed by atoms with Crippen molar-refractivity contribution in [2.75, 3.05) is 19.7 Å². The van der Waals surface area contributed by atoms with E-state index in [4.69, 9.17) is 9.84 Å². The van der Waals surface area contributed by atoms with E-state index in [1.807, 2.05) is 6.92 Å². The molecular weight excluding hydrogens is 186 g/mol. The van der Waals surface area contributed by atoms with E-state index in [0.29, 0.717) is 13.0 Å². The van der Waals surface area contributed by atoms with Crippen molar-refractivity contribution in [2.45, 2.75) is 31.5 Å². The van der Waals surface area contributed by atoms with Crippen molar-refractivity contribution in [3.63, 3.8) is 0 Å². The van der Waals surface area contributed by atoms with Gasteiger partial charge in [0.15, 0.2) is 6.10 Å². The molecular formula is C9H17NO4. The van der Waals surface area contributed by atoms with Gasteiger partial charge in [0.2, 0.25) is 0 Å². The van der Waals surface area contributed by atoms with E-state index in [0.717, 1.165) is 6.42 Å². The monoisotopic (exact) mass is 203 g/mol. The Bertz CT molecular complexity index is 209. The van der Waals surface area contributed by atoms with Crippen LogP contribution in [0.15, 0.2) is 0 Å². The summed E-state index contributed by atoms with van der Waals surface area (Å²) >= 11 is 0. The predicted molar refractivity (Wildman–Crippen MR) is 50.1 cm³/mol. The second-order valence-electron chi connectivity index (χ2n) is 3.74. The summed E-state index contributed by atoms with van der Waals surface area (Å²) in [5.41, 5.74) is -0.918. The Balaban J connectivity index is 2.51. The highest BCUT2D eigenvalue weighted by Gasteiger charge is 2.32. The van der Waals surface area contributed by atoms with Crippen LogP contribution in [0.25, 0.3) is 0 Å². The molecule has 82 valence electrons. The van der Waals surface area contributed by atoms with Gasteiger partial charge in [0.25, 0.3) is 0 Å². The SMILES string of the molecule is CCC[C@@]1(O)CNC[C@@H](C(=O)O)OC1. The molecule has 5 heteroatoms. The maximum atomic E-state index is 10.6. The highest BCUT2D eigenvalue weighted by atomic mass is 16.5. The Kier molecular flexibility index (Phi) is 3.86. The molecule has 0 bridgehead atoms. The predicted octanol–water partition coefficient (Wildman–Crippen LogP) is -0.409. The molecule has 3 N–H and O–H groups in total. The lowest BCUT2D eigenvalue weighted by molar-refractivity contribution is -0.152. The van der Waals surface area contributed by atoms with E-state index in [2.05, 4.69) is 5.32 Å². The molecule has 2 atom stereocenters. The molecule has 0 aliphatic carbocycles. The van der Waals surface area contributed by atoms with Crippen LogP contribution in [0.2, 0.25) is 0 Å². The molecule has 1 heterocycles. The summed E-state index contributed by atoms with van der Waals surface area (Å²) in [7, 11) is 0. The van der Waals surface area contributed by atoms with Crippen molar-refractivity contribution in [2.24, 2.45) is 0 Å². The van der Waals surface area contributed by atoms with Gasteiger partial charge in [-0.2, -0.15) is 0 Å². The summed E-state index contributed by atoms with van der Waals surface area (Å²) < 4.78 is 5.12. The maximum Gasteiger partial charge on any atom is 0.334 e. The third-order valence-corrected chi connectivity index (χ3v) is 2.33. The van der Waals surface area contributed by atoms with E-state index >= 15 is 0 Å². The molecule has 5 nitrogen and oxygen atoms in total. The second kappa shape index (κ2) is 4.72. The smallest absolute Gasteiger partial charge is 0.334 e. The fourth-order valence-electron chi connectivity index (χ4n) is 1.59. The zero-order chi connectivity index (χ0) is 10.6. The van der Waals surface area contributed by atoms with Crippen LogP contribution in [-0.2, 0) is 9.53 Å². The van der Waals surface area contributed by atoms with Gasteiger partial charge in [-0.15, -0.1) is 0 Å². The molecule has 1 fully saturated rings. The summed E-state index contributed by atoms with van der Waals surface area (Å²) in [4.78, 5) is 10.6. The minimum Gasteiger partial charge on any atom is -0.479 e. The number of rotatable bonds is 3. The fraction of sp³-hybridized carbons (Fsp3) is 0.889. The summed E-state index contributed by atoms with van der Waals surface area (Å²) in [6.45, 7) is 2.70. The Hall–Kier alpha value is -0.650. The van der Waals surface area contributed by atoms with Crippen LogP contribution in [0.1, 0.15) is 19.8 Å². The van der Waals surface area contributed by atoms with Crippen LogP contribution in [0, 0.1) is 0 Å². The summed E-state index contributed by atoms with van der Waals surface area (Å²) in [6, 6.07) is 0. The van der Waals surface area contributed by atoms with E-state index in [1.165, 1.54) is 0 Å². The van der Waals surface area contributed by atoms with Crippen LogP contribution in [-0.4, -0.2) is 47.6 Å². The molecule has 1 aliphatic rings. The molecule has 0 spiro atoms. The number of β-amino-alcohol motifs (C(OH)–C–C–N with tert-alkyl or cyclic N) is 1. The van der Waals surface area contributed by atoms with Crippen LogP contribution in [0.5, 0.6) is 0 Å². The van der Waals surface area contributed by atoms with Crippen molar-refractivity contribution in [1.29, 1.82) is 0 Å². The topological polar surface area (TPSA) is 78.8 Å². The molecule has 0 amide bonds. The van der Waals surface area contributed by atoms with Crippen LogP contribution in [0.3, 0.4) is 0 Å². The molecule has 0 unspecified atom stereocenters. The maximum absolute atomic E-state index is 10.6. The van der Waals surface area contributed by atoms with E-state index < -0.39 is 17.7 Å². The third kappa shape index (κ3) is 2.94. The summed E-state index contributed by atoms with van der Waals surface area (Å²) in [5, 5.41) is 21.6. The summed E-state index contributed by atoms with van der Waals surface area (Å²) in [5.74, 6) is -0.988. The minimum absolute atomic E-state index is 0.0881. The first-order valence-corrected chi connectivity index (χ1v) is 4.85. The standard InChI is InChI=1S/C9H17NO4/c1-2-3-9(13)5-10-4-7(8(11)12)14-6-9/h7,10,13H,2-6H2,1H3,(H,11,12)/t7-,9+/m0/s1. The zero-order valence-corrected chi connectivity index (χ0v) is 8.32. The van der Waals surface area contributed by atoms with Gasteiger partial charge in [0.05, 0.1) is 6.61 Å². The first kappa shape index (κ1) is 11.4. The van der Waals surface area contributed by atoms with E-state index in [9.17, 15) is 9.90 Å². The van der Waals surface area contributed by atoms with Gasteiger partial charge in [-0.3, -0.25) is 0 Å². The number of aliphatic carboxylic acids is 1. The van der Waals surface area contributed by atoms with Crippen LogP contribution < -0.4 is 5.32 Å². The van der Waals surface area contributed by atoms with Gasteiger partial charge < -0.3 is 20.3 Å². The first-order chi connectivity index (χ1) is 6.57. The number of ether oxygens (including phenoxy) is 1. The third-order valence-electron chi connectivity index (χ3n) is 2.33. The van der Waals surface area contributed by atoms with Crippen molar-refractivity contribution in [1.82, 2.24) is 5.32 Å². The number of carbonyl (C=O) groups is 1. The average Bonchev–Trinajstić information content (AvgIpc) is 2.28. The number of carboxylic acids is 1. The summed E-state index contributed by atoms with van der Waals surface area (Å²) in [6.07, 6.45) is 0.617. The van der Waals surface area contributed by atoms with Gasteiger partial charge in [0, 0.05) is 13.1 Å². The molecule has 0 aromatic rings. The number of hydrogen-bond acceptors (Lipinski definition) is 4. The molecule has 0 aromatic carbocycles. The zero-order valence-electron chi connectivity index (χ0n) is 8.32. The van der Waals surface area contributed by atoms with Gasteiger partial charge in [-0.1, -0.05) is 13.3 Å². The van der Waals surface area contributed by atoms with Crippen molar-refractivity contribution in [3.05, 3.63) is 0 Å². The van der Waals surface area contributed by atoms with Gasteiger partial charge >= 0.3 is 5.97 Å². The number of hydrogen-bond donors (Lipinski definition) is 3. The largest absolute Gasteiger partial charge is 0.479 e. The number of nitrogens with one attached hydrogen (secondary N) is 1. The lowest BCUT2D eigenvalue weighted by Crippen LogP contribution is -2.42. The molecule has 0 radical (unpaired) electrons. The lowest BCUT2D eigenvalue weighted by Gasteiger charge is -2.25. The van der Waals surface area contributed by atoms with Crippen molar-refractivity contribution < 1.29 is 19.7 Å². The van der Waals surface area contributed by atoms with Crippen molar-refractivity contribution in [3.8, 4) is 0 Å². The Morgan fingerprint density at radius 2 is 2.43 bits per heavy atom. The molecule has 0 saturated carbocycles. The molecule has 0 aromatic heterocycles. The van der Waals surface area contributed by atoms with Gasteiger partial charge in [0.1, 0.15) is 5.60 Å². The Labute approximate surface area is 83.1 Å². The van der Waals surface area contributed by atoms with Crippen molar-refractivity contribution >= 4 is 5.97 Å². The minimum atomic E-state index is -0.988. The van der Waals surface area contributed by atoms with Crippen LogP contribution in [0.4, 0.5) is 0 Å². The highest BCUT2D eigenvalue weighted by molar-refractivity contribution is 5.72. The normalized spacial score (nSPS) is 33.7. The van der Waals surface area contributed by atoms with Gasteiger partial charge in [-0.25, -0.2) is 4.79 Å². The van der Waals surface area contributed by atoms with Gasteiger partial charge in [-0.05, 0) is 6.42 Å². The van der Waals surface area contributed by atoms with Crippen LogP contribution >= 0.6 is 0 Å².